The maximum absolute atomic E-state index is 8.80. The van der Waals surface area contributed by atoms with Crippen molar-refractivity contribution in [2.24, 2.45) is 11.7 Å². The van der Waals surface area contributed by atoms with Crippen LogP contribution in [0.25, 0.3) is 0 Å². The summed E-state index contributed by atoms with van der Waals surface area (Å²) in [7, 11) is 0. The third kappa shape index (κ3) is 2.21. The van der Waals surface area contributed by atoms with Gasteiger partial charge in [0.2, 0.25) is 0 Å². The normalized spacial score (nSPS) is 19.8. The Labute approximate surface area is 104 Å². The summed E-state index contributed by atoms with van der Waals surface area (Å²) in [5.41, 5.74) is 7.52. The van der Waals surface area contributed by atoms with Crippen LogP contribution in [0.5, 0.6) is 0 Å². The number of anilines is 1. The molecular weight excluding hydrogens is 266 g/mol. The Morgan fingerprint density at radius 1 is 1.56 bits per heavy atom. The average molecular weight is 280 g/mol. The fourth-order valence-electron chi connectivity index (χ4n) is 2.08. The lowest BCUT2D eigenvalue weighted by Crippen LogP contribution is -2.22. The van der Waals surface area contributed by atoms with Gasteiger partial charge >= 0.3 is 0 Å². The Bertz CT molecular complexity index is 425. The van der Waals surface area contributed by atoms with E-state index < -0.39 is 0 Å². The van der Waals surface area contributed by atoms with Gasteiger partial charge in [-0.25, -0.2) is 0 Å². The standard InChI is InChI=1S/C12H14BrN3/c13-11-5-9(6-14)1-2-12(11)16-4-3-10(7-15)8-16/h1-2,5,10H,3-4,7-8,15H2. The predicted molar refractivity (Wildman–Crippen MR) is 68.2 cm³/mol. The summed E-state index contributed by atoms with van der Waals surface area (Å²) in [5.74, 6) is 0.600. The molecule has 0 bridgehead atoms. The fraction of sp³-hybridized carbons (Fsp3) is 0.417. The molecule has 0 amide bonds. The maximum atomic E-state index is 8.80. The van der Waals surface area contributed by atoms with Gasteiger partial charge in [0.15, 0.2) is 0 Å². The maximum Gasteiger partial charge on any atom is 0.0992 e. The van der Waals surface area contributed by atoms with Gasteiger partial charge in [-0.2, -0.15) is 5.26 Å². The molecule has 1 unspecified atom stereocenters. The van der Waals surface area contributed by atoms with Gasteiger partial charge in [-0.15, -0.1) is 0 Å². The second-order valence-corrected chi connectivity index (χ2v) is 4.97. The van der Waals surface area contributed by atoms with Crippen molar-refractivity contribution in [2.45, 2.75) is 6.42 Å². The van der Waals surface area contributed by atoms with Crippen molar-refractivity contribution in [3.05, 3.63) is 28.2 Å². The van der Waals surface area contributed by atoms with Crippen molar-refractivity contribution < 1.29 is 0 Å². The Hall–Kier alpha value is -1.05. The van der Waals surface area contributed by atoms with Crippen LogP contribution in [0.15, 0.2) is 22.7 Å². The van der Waals surface area contributed by atoms with Crippen LogP contribution in [0.1, 0.15) is 12.0 Å². The number of rotatable bonds is 2. The van der Waals surface area contributed by atoms with Gasteiger partial charge in [-0.3, -0.25) is 0 Å². The summed E-state index contributed by atoms with van der Waals surface area (Å²) >= 11 is 3.52. The highest BCUT2D eigenvalue weighted by atomic mass is 79.9. The summed E-state index contributed by atoms with van der Waals surface area (Å²) in [5, 5.41) is 8.80. The molecule has 16 heavy (non-hydrogen) atoms. The molecule has 0 aliphatic carbocycles. The first kappa shape index (κ1) is 11.4. The van der Waals surface area contributed by atoms with E-state index in [4.69, 9.17) is 11.0 Å². The van der Waals surface area contributed by atoms with Crippen LogP contribution in [0.2, 0.25) is 0 Å². The molecule has 1 heterocycles. The van der Waals surface area contributed by atoms with Gasteiger partial charge in [0.1, 0.15) is 0 Å². The third-order valence-corrected chi connectivity index (χ3v) is 3.67. The minimum atomic E-state index is 0.600. The van der Waals surface area contributed by atoms with E-state index in [0.29, 0.717) is 11.5 Å². The van der Waals surface area contributed by atoms with E-state index in [1.54, 1.807) is 0 Å². The number of hydrogen-bond acceptors (Lipinski definition) is 3. The largest absolute Gasteiger partial charge is 0.370 e. The summed E-state index contributed by atoms with van der Waals surface area (Å²) in [4.78, 5) is 2.32. The van der Waals surface area contributed by atoms with E-state index >= 15 is 0 Å². The zero-order valence-electron chi connectivity index (χ0n) is 8.99. The molecule has 2 rings (SSSR count). The van der Waals surface area contributed by atoms with Crippen LogP contribution >= 0.6 is 15.9 Å². The van der Waals surface area contributed by atoms with Gasteiger partial charge in [-0.05, 0) is 53.0 Å². The van der Waals surface area contributed by atoms with Crippen molar-refractivity contribution >= 4 is 21.6 Å². The highest BCUT2D eigenvalue weighted by Crippen LogP contribution is 2.31. The Kier molecular flexibility index (Phi) is 3.47. The minimum Gasteiger partial charge on any atom is -0.370 e. The molecule has 84 valence electrons. The highest BCUT2D eigenvalue weighted by molar-refractivity contribution is 9.10. The molecule has 0 radical (unpaired) electrons. The molecular formula is C12H14BrN3. The molecule has 1 aromatic carbocycles. The lowest BCUT2D eigenvalue weighted by molar-refractivity contribution is 0.602. The zero-order chi connectivity index (χ0) is 11.5. The number of halogens is 1. The van der Waals surface area contributed by atoms with Crippen LogP contribution in [0, 0.1) is 17.2 Å². The molecule has 1 aliphatic rings. The van der Waals surface area contributed by atoms with Crippen molar-refractivity contribution in [2.75, 3.05) is 24.5 Å². The van der Waals surface area contributed by atoms with E-state index in [0.717, 1.165) is 36.2 Å². The summed E-state index contributed by atoms with van der Waals surface area (Å²) in [6.45, 7) is 2.82. The van der Waals surface area contributed by atoms with Crippen molar-refractivity contribution in [3.8, 4) is 6.07 Å². The van der Waals surface area contributed by atoms with Gasteiger partial charge in [-0.1, -0.05) is 0 Å². The molecule has 0 spiro atoms. The average Bonchev–Trinajstić information content (AvgIpc) is 2.77. The molecule has 0 saturated carbocycles. The monoisotopic (exact) mass is 279 g/mol. The molecule has 2 N–H and O–H groups in total. The number of benzene rings is 1. The Morgan fingerprint density at radius 2 is 2.38 bits per heavy atom. The van der Waals surface area contributed by atoms with Gasteiger partial charge in [0, 0.05) is 17.6 Å². The summed E-state index contributed by atoms with van der Waals surface area (Å²) in [6, 6.07) is 7.86. The molecule has 1 atom stereocenters. The summed E-state index contributed by atoms with van der Waals surface area (Å²) < 4.78 is 0.990. The van der Waals surface area contributed by atoms with Gasteiger partial charge < -0.3 is 10.6 Å². The smallest absolute Gasteiger partial charge is 0.0992 e. The van der Waals surface area contributed by atoms with E-state index in [2.05, 4.69) is 26.9 Å². The minimum absolute atomic E-state index is 0.600. The van der Waals surface area contributed by atoms with E-state index in [9.17, 15) is 0 Å². The van der Waals surface area contributed by atoms with E-state index in [1.165, 1.54) is 0 Å². The number of nitrogens with two attached hydrogens (primary N) is 1. The van der Waals surface area contributed by atoms with E-state index in [-0.39, 0.29) is 0 Å². The lowest BCUT2D eigenvalue weighted by Gasteiger charge is -2.20. The molecule has 1 saturated heterocycles. The first-order chi connectivity index (χ1) is 7.74. The van der Waals surface area contributed by atoms with E-state index in [1.807, 2.05) is 18.2 Å². The number of nitriles is 1. The van der Waals surface area contributed by atoms with Crippen LogP contribution in [0.3, 0.4) is 0 Å². The predicted octanol–water partition coefficient (Wildman–Crippen LogP) is 2.11. The second-order valence-electron chi connectivity index (χ2n) is 4.11. The van der Waals surface area contributed by atoms with Gasteiger partial charge in [0.05, 0.1) is 17.3 Å². The van der Waals surface area contributed by atoms with Crippen molar-refractivity contribution in [1.82, 2.24) is 0 Å². The van der Waals surface area contributed by atoms with Crippen LogP contribution in [0.4, 0.5) is 5.69 Å². The lowest BCUT2D eigenvalue weighted by atomic mass is 10.1. The topological polar surface area (TPSA) is 53.0 Å². The Balaban J connectivity index is 2.19. The molecule has 1 aromatic rings. The van der Waals surface area contributed by atoms with Crippen LogP contribution in [-0.4, -0.2) is 19.6 Å². The zero-order valence-corrected chi connectivity index (χ0v) is 10.6. The van der Waals surface area contributed by atoms with Gasteiger partial charge in [0.25, 0.3) is 0 Å². The Morgan fingerprint density at radius 3 is 2.94 bits per heavy atom. The fourth-order valence-corrected chi connectivity index (χ4v) is 2.71. The van der Waals surface area contributed by atoms with Crippen molar-refractivity contribution in [3.63, 3.8) is 0 Å². The highest BCUT2D eigenvalue weighted by Gasteiger charge is 2.22. The third-order valence-electron chi connectivity index (χ3n) is 3.04. The molecule has 1 fully saturated rings. The second kappa shape index (κ2) is 4.86. The number of hydrogen-bond donors (Lipinski definition) is 1. The molecule has 4 heteroatoms. The first-order valence-corrected chi connectivity index (χ1v) is 6.18. The first-order valence-electron chi connectivity index (χ1n) is 5.39. The van der Waals surface area contributed by atoms with Crippen molar-refractivity contribution in [1.29, 1.82) is 5.26 Å². The number of nitrogens with zero attached hydrogens (tertiary/aromatic N) is 2. The van der Waals surface area contributed by atoms with Crippen LogP contribution in [-0.2, 0) is 0 Å². The summed E-state index contributed by atoms with van der Waals surface area (Å²) in [6.07, 6.45) is 1.16. The van der Waals surface area contributed by atoms with Crippen LogP contribution < -0.4 is 10.6 Å². The molecule has 1 aliphatic heterocycles. The quantitative estimate of drug-likeness (QED) is 0.902. The SMILES string of the molecule is N#Cc1ccc(N2CCC(CN)C2)c(Br)c1. The molecule has 0 aromatic heterocycles. The molecule has 3 nitrogen and oxygen atoms in total.